The minimum Gasteiger partial charge on any atom is -0.383 e. The first kappa shape index (κ1) is 9.40. The number of nitrogens with zero attached hydrogens (tertiary/aromatic N) is 2. The Kier molecular flexibility index (Phi) is 2.74. The van der Waals surface area contributed by atoms with Crippen LogP contribution in [0.25, 0.3) is 12.2 Å². The van der Waals surface area contributed by atoms with Crippen molar-refractivity contribution < 1.29 is 0 Å². The van der Waals surface area contributed by atoms with Crippen molar-refractivity contribution in [3.8, 4) is 0 Å². The Morgan fingerprint density at radius 1 is 1.00 bits per heavy atom. The fraction of sp³-hybridized carbons (Fsp3) is 0. The summed E-state index contributed by atoms with van der Waals surface area (Å²) >= 11 is 0. The van der Waals surface area contributed by atoms with Crippen LogP contribution < -0.4 is 5.73 Å². The van der Waals surface area contributed by atoms with Gasteiger partial charge in [-0.1, -0.05) is 12.2 Å². The molecule has 74 valence electrons. The van der Waals surface area contributed by atoms with E-state index in [0.717, 1.165) is 11.1 Å². The predicted octanol–water partition coefficient (Wildman–Crippen LogP) is 2.23. The van der Waals surface area contributed by atoms with Crippen molar-refractivity contribution in [2.24, 2.45) is 0 Å². The van der Waals surface area contributed by atoms with E-state index in [1.807, 2.05) is 36.4 Å². The molecule has 15 heavy (non-hydrogen) atoms. The van der Waals surface area contributed by atoms with Crippen LogP contribution in [0.4, 0.5) is 5.82 Å². The van der Waals surface area contributed by atoms with Crippen LogP contribution in [0.15, 0.2) is 42.9 Å². The van der Waals surface area contributed by atoms with Gasteiger partial charge in [-0.15, -0.1) is 0 Å². The van der Waals surface area contributed by atoms with Gasteiger partial charge in [0.15, 0.2) is 0 Å². The van der Waals surface area contributed by atoms with E-state index in [4.69, 9.17) is 5.73 Å². The molecular formula is C12H11N3. The third kappa shape index (κ3) is 2.40. The fourth-order valence-corrected chi connectivity index (χ4v) is 1.23. The van der Waals surface area contributed by atoms with Crippen molar-refractivity contribution in [3.63, 3.8) is 0 Å². The molecule has 0 saturated carbocycles. The van der Waals surface area contributed by atoms with Gasteiger partial charge in [-0.25, -0.2) is 4.98 Å². The van der Waals surface area contributed by atoms with Crippen molar-refractivity contribution in [1.82, 2.24) is 9.97 Å². The summed E-state index contributed by atoms with van der Waals surface area (Å²) in [6, 6.07) is 7.66. The standard InChI is InChI=1S/C12H11N3/c13-12-11(2-1-7-15-12)4-3-10-5-8-14-9-6-10/h1-9H,(H2,13,15). The Labute approximate surface area is 88.3 Å². The molecule has 0 unspecified atom stereocenters. The van der Waals surface area contributed by atoms with Crippen LogP contribution in [0.2, 0.25) is 0 Å². The topological polar surface area (TPSA) is 51.8 Å². The lowest BCUT2D eigenvalue weighted by molar-refractivity contribution is 1.32. The molecule has 0 spiro atoms. The fourth-order valence-electron chi connectivity index (χ4n) is 1.23. The molecule has 0 fully saturated rings. The summed E-state index contributed by atoms with van der Waals surface area (Å²) in [5.41, 5.74) is 7.73. The molecular weight excluding hydrogens is 186 g/mol. The molecule has 2 N–H and O–H groups in total. The Bertz CT molecular complexity index is 463. The summed E-state index contributed by atoms with van der Waals surface area (Å²) in [6.45, 7) is 0. The first-order valence-corrected chi connectivity index (χ1v) is 4.65. The van der Waals surface area contributed by atoms with E-state index in [0.29, 0.717) is 5.82 Å². The van der Waals surface area contributed by atoms with Gasteiger partial charge in [-0.3, -0.25) is 4.98 Å². The normalized spacial score (nSPS) is 10.7. The smallest absolute Gasteiger partial charge is 0.130 e. The van der Waals surface area contributed by atoms with Crippen molar-refractivity contribution in [2.75, 3.05) is 5.73 Å². The lowest BCUT2D eigenvalue weighted by atomic mass is 10.2. The van der Waals surface area contributed by atoms with Gasteiger partial charge in [0, 0.05) is 24.2 Å². The maximum absolute atomic E-state index is 5.71. The molecule has 0 atom stereocenters. The van der Waals surface area contributed by atoms with Crippen LogP contribution in [0.1, 0.15) is 11.1 Å². The van der Waals surface area contributed by atoms with Gasteiger partial charge >= 0.3 is 0 Å². The highest BCUT2D eigenvalue weighted by molar-refractivity contribution is 5.73. The average Bonchev–Trinajstić information content (AvgIpc) is 2.29. The summed E-state index contributed by atoms with van der Waals surface area (Å²) in [5.74, 6) is 0.544. The molecule has 0 aliphatic heterocycles. The number of rotatable bonds is 2. The second kappa shape index (κ2) is 4.37. The number of anilines is 1. The summed E-state index contributed by atoms with van der Waals surface area (Å²) in [4.78, 5) is 7.95. The van der Waals surface area contributed by atoms with E-state index in [2.05, 4.69) is 9.97 Å². The summed E-state index contributed by atoms with van der Waals surface area (Å²) in [6.07, 6.45) is 9.12. The predicted molar refractivity (Wildman–Crippen MR) is 61.8 cm³/mol. The zero-order chi connectivity index (χ0) is 10.5. The van der Waals surface area contributed by atoms with Crippen LogP contribution >= 0.6 is 0 Å². The highest BCUT2D eigenvalue weighted by Gasteiger charge is 1.92. The van der Waals surface area contributed by atoms with Gasteiger partial charge in [-0.2, -0.15) is 0 Å². The van der Waals surface area contributed by atoms with E-state index in [1.165, 1.54) is 0 Å². The Balaban J connectivity index is 2.23. The first-order valence-electron chi connectivity index (χ1n) is 4.65. The number of pyridine rings is 2. The molecule has 3 nitrogen and oxygen atoms in total. The number of aromatic nitrogens is 2. The molecule has 2 aromatic heterocycles. The molecule has 0 saturated heterocycles. The van der Waals surface area contributed by atoms with Crippen molar-refractivity contribution in [1.29, 1.82) is 0 Å². The monoisotopic (exact) mass is 197 g/mol. The van der Waals surface area contributed by atoms with Gasteiger partial charge in [0.1, 0.15) is 5.82 Å². The Morgan fingerprint density at radius 2 is 1.80 bits per heavy atom. The lowest BCUT2D eigenvalue weighted by Crippen LogP contribution is -1.91. The van der Waals surface area contributed by atoms with E-state index in [-0.39, 0.29) is 0 Å². The van der Waals surface area contributed by atoms with Crippen LogP contribution in [0.3, 0.4) is 0 Å². The van der Waals surface area contributed by atoms with Crippen LogP contribution in [0, 0.1) is 0 Å². The highest BCUT2D eigenvalue weighted by Crippen LogP contribution is 2.11. The first-order chi connectivity index (χ1) is 7.36. The average molecular weight is 197 g/mol. The van der Waals surface area contributed by atoms with E-state index in [9.17, 15) is 0 Å². The zero-order valence-corrected chi connectivity index (χ0v) is 8.17. The molecule has 2 heterocycles. The van der Waals surface area contributed by atoms with Gasteiger partial charge in [-0.05, 0) is 29.8 Å². The molecule has 0 aromatic carbocycles. The van der Waals surface area contributed by atoms with Gasteiger partial charge < -0.3 is 5.73 Å². The summed E-state index contributed by atoms with van der Waals surface area (Å²) in [5, 5.41) is 0. The minimum atomic E-state index is 0.544. The molecule has 2 aromatic rings. The molecule has 0 radical (unpaired) electrons. The SMILES string of the molecule is Nc1ncccc1C=Cc1ccncc1. The molecule has 0 bridgehead atoms. The molecule has 0 aliphatic carbocycles. The van der Waals surface area contributed by atoms with E-state index >= 15 is 0 Å². The molecule has 2 rings (SSSR count). The number of hydrogen-bond acceptors (Lipinski definition) is 3. The minimum absolute atomic E-state index is 0.544. The van der Waals surface area contributed by atoms with E-state index in [1.54, 1.807) is 18.6 Å². The summed E-state index contributed by atoms with van der Waals surface area (Å²) < 4.78 is 0. The molecule has 0 amide bonds. The van der Waals surface area contributed by atoms with Crippen molar-refractivity contribution >= 4 is 18.0 Å². The van der Waals surface area contributed by atoms with Crippen LogP contribution in [0.5, 0.6) is 0 Å². The quantitative estimate of drug-likeness (QED) is 0.803. The highest BCUT2D eigenvalue weighted by atomic mass is 14.8. The third-order valence-electron chi connectivity index (χ3n) is 2.03. The zero-order valence-electron chi connectivity index (χ0n) is 8.17. The maximum atomic E-state index is 5.71. The molecule has 3 heteroatoms. The Morgan fingerprint density at radius 3 is 2.53 bits per heavy atom. The van der Waals surface area contributed by atoms with Crippen molar-refractivity contribution in [3.05, 3.63) is 54.0 Å². The van der Waals surface area contributed by atoms with Crippen molar-refractivity contribution in [2.45, 2.75) is 0 Å². The number of nitrogen functional groups attached to an aromatic ring is 1. The van der Waals surface area contributed by atoms with Gasteiger partial charge in [0.2, 0.25) is 0 Å². The third-order valence-corrected chi connectivity index (χ3v) is 2.03. The van der Waals surface area contributed by atoms with Crippen LogP contribution in [-0.4, -0.2) is 9.97 Å². The Hall–Kier alpha value is -2.16. The largest absolute Gasteiger partial charge is 0.383 e. The maximum Gasteiger partial charge on any atom is 0.130 e. The molecule has 0 aliphatic rings. The second-order valence-electron chi connectivity index (χ2n) is 3.09. The van der Waals surface area contributed by atoms with Gasteiger partial charge in [0.25, 0.3) is 0 Å². The van der Waals surface area contributed by atoms with E-state index < -0.39 is 0 Å². The summed E-state index contributed by atoms with van der Waals surface area (Å²) in [7, 11) is 0. The number of nitrogens with two attached hydrogens (primary N) is 1. The number of hydrogen-bond donors (Lipinski definition) is 1. The lowest BCUT2D eigenvalue weighted by Gasteiger charge is -1.97. The van der Waals surface area contributed by atoms with Gasteiger partial charge in [0.05, 0.1) is 0 Å². The second-order valence-corrected chi connectivity index (χ2v) is 3.09. The van der Waals surface area contributed by atoms with Crippen LogP contribution in [-0.2, 0) is 0 Å².